The Kier molecular flexibility index (Phi) is 3.24. The van der Waals surface area contributed by atoms with Gasteiger partial charge in [-0.05, 0) is 41.0 Å². The van der Waals surface area contributed by atoms with Crippen molar-refractivity contribution in [2.24, 2.45) is 5.73 Å². The van der Waals surface area contributed by atoms with Gasteiger partial charge in [0.1, 0.15) is 5.82 Å². The fourth-order valence-corrected chi connectivity index (χ4v) is 3.26. The number of ether oxygens (including phenoxy) is 2. The number of benzene rings is 2. The van der Waals surface area contributed by atoms with Crippen molar-refractivity contribution < 1.29 is 13.9 Å². The van der Waals surface area contributed by atoms with Crippen molar-refractivity contribution >= 4 is 0 Å². The molecule has 2 aromatic carbocycles. The van der Waals surface area contributed by atoms with E-state index in [2.05, 4.69) is 4.90 Å². The molecule has 2 N–H and O–H groups in total. The number of nitrogens with zero attached hydrogens (tertiary/aromatic N) is 1. The first-order valence-corrected chi connectivity index (χ1v) is 7.35. The summed E-state index contributed by atoms with van der Waals surface area (Å²) in [5.41, 5.74) is 9.21. The number of halogens is 1. The first-order chi connectivity index (χ1) is 10.7. The molecule has 5 heteroatoms. The van der Waals surface area contributed by atoms with Crippen LogP contribution in [0.5, 0.6) is 11.5 Å². The lowest BCUT2D eigenvalue weighted by molar-refractivity contribution is 0.173. The molecule has 4 rings (SSSR count). The Morgan fingerprint density at radius 2 is 2.00 bits per heavy atom. The van der Waals surface area contributed by atoms with Crippen LogP contribution in [0.1, 0.15) is 22.7 Å². The Hall–Kier alpha value is -2.11. The maximum atomic E-state index is 13.5. The lowest BCUT2D eigenvalue weighted by atomic mass is 10.0. The topological polar surface area (TPSA) is 47.7 Å². The lowest BCUT2D eigenvalue weighted by Crippen LogP contribution is -2.27. The van der Waals surface area contributed by atoms with Crippen molar-refractivity contribution in [1.29, 1.82) is 0 Å². The van der Waals surface area contributed by atoms with E-state index in [9.17, 15) is 4.39 Å². The molecule has 2 aromatic rings. The van der Waals surface area contributed by atoms with Crippen LogP contribution in [0.3, 0.4) is 0 Å². The Morgan fingerprint density at radius 1 is 1.14 bits per heavy atom. The minimum atomic E-state index is -0.206. The van der Waals surface area contributed by atoms with E-state index in [1.54, 1.807) is 6.07 Å². The van der Waals surface area contributed by atoms with Gasteiger partial charge in [0.05, 0.1) is 0 Å². The molecule has 114 valence electrons. The molecule has 0 bridgehead atoms. The zero-order chi connectivity index (χ0) is 15.1. The molecule has 1 atom stereocenters. The standard InChI is InChI=1S/C17H17FN2O2/c18-13-3-2-12-9-20(15(7-19)14(12)6-13)8-11-1-4-16-17(5-11)22-10-21-16/h1-6,15H,7-10,19H2. The quantitative estimate of drug-likeness (QED) is 0.946. The molecule has 1 unspecified atom stereocenters. The first-order valence-electron chi connectivity index (χ1n) is 7.35. The maximum absolute atomic E-state index is 13.5. The van der Waals surface area contributed by atoms with E-state index in [0.29, 0.717) is 6.54 Å². The molecule has 2 aliphatic rings. The van der Waals surface area contributed by atoms with Gasteiger partial charge in [0.15, 0.2) is 11.5 Å². The molecule has 2 aliphatic heterocycles. The van der Waals surface area contributed by atoms with Gasteiger partial charge >= 0.3 is 0 Å². The second kappa shape index (κ2) is 5.26. The van der Waals surface area contributed by atoms with Crippen molar-refractivity contribution in [3.05, 3.63) is 58.9 Å². The molecule has 0 saturated carbocycles. The molecule has 0 amide bonds. The fourth-order valence-electron chi connectivity index (χ4n) is 3.26. The van der Waals surface area contributed by atoms with E-state index in [1.165, 1.54) is 6.07 Å². The molecule has 0 aromatic heterocycles. The molecule has 2 heterocycles. The van der Waals surface area contributed by atoms with Gasteiger partial charge in [-0.1, -0.05) is 12.1 Å². The Morgan fingerprint density at radius 3 is 2.86 bits per heavy atom. The fraction of sp³-hybridized carbons (Fsp3) is 0.294. The Bertz CT molecular complexity index is 720. The van der Waals surface area contributed by atoms with Gasteiger partial charge in [0.2, 0.25) is 6.79 Å². The molecule has 22 heavy (non-hydrogen) atoms. The zero-order valence-corrected chi connectivity index (χ0v) is 12.1. The highest BCUT2D eigenvalue weighted by atomic mass is 19.1. The van der Waals surface area contributed by atoms with Gasteiger partial charge < -0.3 is 15.2 Å². The van der Waals surface area contributed by atoms with E-state index in [4.69, 9.17) is 15.2 Å². The molecule has 0 fully saturated rings. The van der Waals surface area contributed by atoms with Gasteiger partial charge in [-0.25, -0.2) is 4.39 Å². The third kappa shape index (κ3) is 2.23. The minimum absolute atomic E-state index is 0.0520. The molecule has 4 nitrogen and oxygen atoms in total. The maximum Gasteiger partial charge on any atom is 0.231 e. The number of nitrogens with two attached hydrogens (primary N) is 1. The van der Waals surface area contributed by atoms with Crippen LogP contribution in [-0.4, -0.2) is 18.2 Å². The van der Waals surface area contributed by atoms with Crippen LogP contribution in [0.15, 0.2) is 36.4 Å². The molecule has 0 spiro atoms. The summed E-state index contributed by atoms with van der Waals surface area (Å²) in [6, 6.07) is 11.0. The molecule has 0 saturated heterocycles. The monoisotopic (exact) mass is 300 g/mol. The third-order valence-corrected chi connectivity index (χ3v) is 4.33. The van der Waals surface area contributed by atoms with Gasteiger partial charge in [0, 0.05) is 25.7 Å². The largest absolute Gasteiger partial charge is 0.454 e. The SMILES string of the molecule is NCC1c2cc(F)ccc2CN1Cc1ccc2c(c1)OCO2. The van der Waals surface area contributed by atoms with E-state index in [0.717, 1.165) is 41.3 Å². The summed E-state index contributed by atoms with van der Waals surface area (Å²) in [6.45, 7) is 2.28. The van der Waals surface area contributed by atoms with Crippen LogP contribution < -0.4 is 15.2 Å². The number of rotatable bonds is 3. The predicted octanol–water partition coefficient (Wildman–Crippen LogP) is 2.57. The van der Waals surface area contributed by atoms with Crippen LogP contribution in [0.25, 0.3) is 0 Å². The van der Waals surface area contributed by atoms with Crippen molar-refractivity contribution in [3.63, 3.8) is 0 Å². The van der Waals surface area contributed by atoms with Crippen LogP contribution in [0, 0.1) is 5.82 Å². The summed E-state index contributed by atoms with van der Waals surface area (Å²) in [6.07, 6.45) is 0. The van der Waals surface area contributed by atoms with Crippen LogP contribution in [0.4, 0.5) is 4.39 Å². The zero-order valence-electron chi connectivity index (χ0n) is 12.1. The lowest BCUT2D eigenvalue weighted by Gasteiger charge is -2.24. The predicted molar refractivity (Wildman–Crippen MR) is 80.0 cm³/mol. The van der Waals surface area contributed by atoms with Crippen molar-refractivity contribution in [2.45, 2.75) is 19.1 Å². The second-order valence-corrected chi connectivity index (χ2v) is 5.69. The number of fused-ring (bicyclic) bond motifs is 2. The van der Waals surface area contributed by atoms with Crippen LogP contribution in [-0.2, 0) is 13.1 Å². The van der Waals surface area contributed by atoms with E-state index in [1.807, 2.05) is 24.3 Å². The first kappa shape index (κ1) is 13.5. The van der Waals surface area contributed by atoms with E-state index < -0.39 is 0 Å². The summed E-state index contributed by atoms with van der Waals surface area (Å²) in [4.78, 5) is 2.27. The normalized spacial score (nSPS) is 19.5. The third-order valence-electron chi connectivity index (χ3n) is 4.33. The number of hydrogen-bond donors (Lipinski definition) is 1. The second-order valence-electron chi connectivity index (χ2n) is 5.69. The van der Waals surface area contributed by atoms with Crippen LogP contribution in [0.2, 0.25) is 0 Å². The Balaban J connectivity index is 1.59. The molecule has 0 aliphatic carbocycles. The highest BCUT2D eigenvalue weighted by Crippen LogP contribution is 2.37. The van der Waals surface area contributed by atoms with Gasteiger partial charge in [-0.15, -0.1) is 0 Å². The molecular formula is C17H17FN2O2. The van der Waals surface area contributed by atoms with Gasteiger partial charge in [-0.3, -0.25) is 4.90 Å². The summed E-state index contributed by atoms with van der Waals surface area (Å²) < 4.78 is 24.2. The summed E-state index contributed by atoms with van der Waals surface area (Å²) >= 11 is 0. The average Bonchev–Trinajstić information content (AvgIpc) is 3.10. The summed E-state index contributed by atoms with van der Waals surface area (Å²) in [5, 5.41) is 0. The summed E-state index contributed by atoms with van der Waals surface area (Å²) in [7, 11) is 0. The van der Waals surface area contributed by atoms with Crippen LogP contribution >= 0.6 is 0 Å². The van der Waals surface area contributed by atoms with E-state index >= 15 is 0 Å². The minimum Gasteiger partial charge on any atom is -0.454 e. The van der Waals surface area contributed by atoms with Gasteiger partial charge in [0.25, 0.3) is 0 Å². The Labute approximate surface area is 128 Å². The van der Waals surface area contributed by atoms with E-state index in [-0.39, 0.29) is 18.7 Å². The molecule has 0 radical (unpaired) electrons. The van der Waals surface area contributed by atoms with Crippen molar-refractivity contribution in [3.8, 4) is 11.5 Å². The summed E-state index contributed by atoms with van der Waals surface area (Å²) in [5.74, 6) is 1.36. The average molecular weight is 300 g/mol. The highest BCUT2D eigenvalue weighted by molar-refractivity contribution is 5.44. The highest BCUT2D eigenvalue weighted by Gasteiger charge is 2.29. The number of hydrogen-bond acceptors (Lipinski definition) is 4. The van der Waals surface area contributed by atoms with Crippen molar-refractivity contribution in [2.75, 3.05) is 13.3 Å². The van der Waals surface area contributed by atoms with Crippen molar-refractivity contribution in [1.82, 2.24) is 4.90 Å². The smallest absolute Gasteiger partial charge is 0.231 e. The molecular weight excluding hydrogens is 283 g/mol. The van der Waals surface area contributed by atoms with Gasteiger partial charge in [-0.2, -0.15) is 0 Å².